The van der Waals surface area contributed by atoms with Crippen LogP contribution in [0.5, 0.6) is 5.75 Å². The minimum absolute atomic E-state index is 0.134. The molecule has 2 heterocycles. The van der Waals surface area contributed by atoms with Crippen molar-refractivity contribution in [2.45, 2.75) is 18.9 Å². The Balaban J connectivity index is 1.54. The first kappa shape index (κ1) is 15.8. The summed E-state index contributed by atoms with van der Waals surface area (Å²) < 4.78 is 10.6. The van der Waals surface area contributed by atoms with Crippen LogP contribution in [0.2, 0.25) is 0 Å². The average molecular weight is 333 g/mol. The van der Waals surface area contributed by atoms with Crippen LogP contribution in [0.4, 0.5) is 10.8 Å². The number of nitrogens with zero attached hydrogens (tertiary/aromatic N) is 1. The molecule has 1 aliphatic rings. The summed E-state index contributed by atoms with van der Waals surface area (Å²) in [7, 11) is 1.63. The Morgan fingerprint density at radius 3 is 2.96 bits per heavy atom. The topological polar surface area (TPSA) is 72.5 Å². The van der Waals surface area contributed by atoms with Gasteiger partial charge < -0.3 is 20.1 Å². The molecule has 0 unspecified atom stereocenters. The SMILES string of the molecule is COc1ccc(Nc2nc(C(=O)NC[C@@H]3CCCO3)cs2)cc1. The summed E-state index contributed by atoms with van der Waals surface area (Å²) in [6.45, 7) is 1.32. The Labute approximate surface area is 138 Å². The third kappa shape index (κ3) is 4.20. The predicted octanol–water partition coefficient (Wildman–Crippen LogP) is 2.80. The Hall–Kier alpha value is -2.12. The van der Waals surface area contributed by atoms with Gasteiger partial charge in [0.05, 0.1) is 13.2 Å². The second kappa shape index (κ2) is 7.43. The largest absolute Gasteiger partial charge is 0.497 e. The maximum atomic E-state index is 12.1. The molecule has 2 aromatic rings. The van der Waals surface area contributed by atoms with Crippen LogP contribution in [0.3, 0.4) is 0 Å². The molecule has 0 bridgehead atoms. The second-order valence-electron chi connectivity index (χ2n) is 5.24. The van der Waals surface area contributed by atoms with E-state index in [1.165, 1.54) is 11.3 Å². The van der Waals surface area contributed by atoms with Crippen molar-refractivity contribution >= 4 is 28.1 Å². The lowest BCUT2D eigenvalue weighted by Crippen LogP contribution is -2.31. The highest BCUT2D eigenvalue weighted by Crippen LogP contribution is 2.23. The molecule has 1 aromatic carbocycles. The number of amides is 1. The summed E-state index contributed by atoms with van der Waals surface area (Å²) >= 11 is 1.40. The van der Waals surface area contributed by atoms with Crippen molar-refractivity contribution in [1.29, 1.82) is 0 Å². The Bertz CT molecular complexity index is 651. The van der Waals surface area contributed by atoms with Gasteiger partial charge in [-0.1, -0.05) is 0 Å². The lowest BCUT2D eigenvalue weighted by Gasteiger charge is -2.09. The fourth-order valence-corrected chi connectivity index (χ4v) is 3.05. The van der Waals surface area contributed by atoms with Crippen molar-refractivity contribution in [3.05, 3.63) is 35.3 Å². The minimum atomic E-state index is -0.167. The monoisotopic (exact) mass is 333 g/mol. The van der Waals surface area contributed by atoms with Crippen LogP contribution in [-0.2, 0) is 4.74 Å². The number of aromatic nitrogens is 1. The van der Waals surface area contributed by atoms with E-state index in [4.69, 9.17) is 9.47 Å². The van der Waals surface area contributed by atoms with Crippen molar-refractivity contribution in [3.63, 3.8) is 0 Å². The first-order chi connectivity index (χ1) is 11.2. The Morgan fingerprint density at radius 1 is 1.43 bits per heavy atom. The van der Waals surface area contributed by atoms with E-state index in [2.05, 4.69) is 15.6 Å². The van der Waals surface area contributed by atoms with E-state index >= 15 is 0 Å². The number of methoxy groups -OCH3 is 1. The van der Waals surface area contributed by atoms with Crippen molar-refractivity contribution in [2.24, 2.45) is 0 Å². The predicted molar refractivity (Wildman–Crippen MR) is 89.7 cm³/mol. The van der Waals surface area contributed by atoms with Gasteiger partial charge in [-0.15, -0.1) is 11.3 Å². The summed E-state index contributed by atoms with van der Waals surface area (Å²) in [5.41, 5.74) is 1.32. The Morgan fingerprint density at radius 2 is 2.26 bits per heavy atom. The molecule has 1 atom stereocenters. The number of ether oxygens (including phenoxy) is 2. The highest BCUT2D eigenvalue weighted by Gasteiger charge is 2.17. The normalized spacial score (nSPS) is 17.0. The molecule has 1 aliphatic heterocycles. The van der Waals surface area contributed by atoms with Crippen LogP contribution in [0.15, 0.2) is 29.6 Å². The third-order valence-corrected chi connectivity index (χ3v) is 4.35. The number of thiazole rings is 1. The van der Waals surface area contributed by atoms with Gasteiger partial charge in [-0.25, -0.2) is 4.98 Å². The summed E-state index contributed by atoms with van der Waals surface area (Å²) in [6.07, 6.45) is 2.20. The van der Waals surface area contributed by atoms with Crippen molar-refractivity contribution < 1.29 is 14.3 Å². The van der Waals surface area contributed by atoms with Crippen molar-refractivity contribution in [2.75, 3.05) is 25.6 Å². The van der Waals surface area contributed by atoms with Crippen LogP contribution in [-0.4, -0.2) is 37.3 Å². The van der Waals surface area contributed by atoms with Gasteiger partial charge in [-0.2, -0.15) is 0 Å². The van der Waals surface area contributed by atoms with E-state index in [1.54, 1.807) is 12.5 Å². The zero-order valence-electron chi connectivity index (χ0n) is 12.9. The van der Waals surface area contributed by atoms with Gasteiger partial charge in [-0.3, -0.25) is 4.79 Å². The number of rotatable bonds is 6. The summed E-state index contributed by atoms with van der Waals surface area (Å²) in [4.78, 5) is 16.4. The quantitative estimate of drug-likeness (QED) is 0.850. The fourth-order valence-electron chi connectivity index (χ4n) is 2.34. The van der Waals surface area contributed by atoms with E-state index in [0.717, 1.165) is 30.9 Å². The van der Waals surface area contributed by atoms with Crippen LogP contribution in [0, 0.1) is 0 Å². The molecule has 7 heteroatoms. The fraction of sp³-hybridized carbons (Fsp3) is 0.375. The van der Waals surface area contributed by atoms with Gasteiger partial charge in [-0.05, 0) is 37.1 Å². The molecular formula is C16H19N3O3S. The zero-order chi connectivity index (χ0) is 16.1. The van der Waals surface area contributed by atoms with Gasteiger partial charge in [0.2, 0.25) is 0 Å². The molecule has 1 fully saturated rings. The van der Waals surface area contributed by atoms with Crippen LogP contribution in [0.1, 0.15) is 23.3 Å². The molecule has 0 spiro atoms. The third-order valence-electron chi connectivity index (χ3n) is 3.59. The second-order valence-corrected chi connectivity index (χ2v) is 6.09. The number of carbonyl (C=O) groups is 1. The molecule has 1 saturated heterocycles. The van der Waals surface area contributed by atoms with Crippen LogP contribution in [0.25, 0.3) is 0 Å². The smallest absolute Gasteiger partial charge is 0.270 e. The van der Waals surface area contributed by atoms with Gasteiger partial charge in [0.25, 0.3) is 5.91 Å². The molecule has 23 heavy (non-hydrogen) atoms. The van der Waals surface area contributed by atoms with Crippen molar-refractivity contribution in [1.82, 2.24) is 10.3 Å². The van der Waals surface area contributed by atoms with E-state index in [1.807, 2.05) is 24.3 Å². The number of hydrogen-bond donors (Lipinski definition) is 2. The standard InChI is InChI=1S/C16H19N3O3S/c1-21-12-6-4-11(5-7-12)18-16-19-14(10-23-16)15(20)17-9-13-3-2-8-22-13/h4-7,10,13H,2-3,8-9H2,1H3,(H,17,20)(H,18,19)/t13-/m0/s1. The van der Waals surface area contributed by atoms with Gasteiger partial charge >= 0.3 is 0 Å². The molecule has 0 aliphatic carbocycles. The molecule has 0 saturated carbocycles. The zero-order valence-corrected chi connectivity index (χ0v) is 13.7. The highest BCUT2D eigenvalue weighted by atomic mass is 32.1. The molecular weight excluding hydrogens is 314 g/mol. The molecule has 3 rings (SSSR count). The number of anilines is 2. The van der Waals surface area contributed by atoms with E-state index < -0.39 is 0 Å². The van der Waals surface area contributed by atoms with E-state index in [9.17, 15) is 4.79 Å². The molecule has 1 aromatic heterocycles. The number of carbonyl (C=O) groups excluding carboxylic acids is 1. The number of benzene rings is 1. The lowest BCUT2D eigenvalue weighted by molar-refractivity contribution is 0.0854. The summed E-state index contributed by atoms with van der Waals surface area (Å²) in [5, 5.41) is 8.47. The first-order valence-corrected chi connectivity index (χ1v) is 8.39. The van der Waals surface area contributed by atoms with Crippen LogP contribution < -0.4 is 15.4 Å². The van der Waals surface area contributed by atoms with E-state index in [-0.39, 0.29) is 12.0 Å². The van der Waals surface area contributed by atoms with Gasteiger partial charge in [0.1, 0.15) is 11.4 Å². The van der Waals surface area contributed by atoms with Gasteiger partial charge in [0.15, 0.2) is 5.13 Å². The van der Waals surface area contributed by atoms with E-state index in [0.29, 0.717) is 17.4 Å². The lowest BCUT2D eigenvalue weighted by atomic mass is 10.2. The molecule has 6 nitrogen and oxygen atoms in total. The molecule has 0 radical (unpaired) electrons. The molecule has 122 valence electrons. The maximum absolute atomic E-state index is 12.1. The minimum Gasteiger partial charge on any atom is -0.497 e. The first-order valence-electron chi connectivity index (χ1n) is 7.51. The number of nitrogens with one attached hydrogen (secondary N) is 2. The number of hydrogen-bond acceptors (Lipinski definition) is 6. The molecule has 1 amide bonds. The van der Waals surface area contributed by atoms with Crippen LogP contribution >= 0.6 is 11.3 Å². The molecule has 2 N–H and O–H groups in total. The summed E-state index contributed by atoms with van der Waals surface area (Å²) in [5.74, 6) is 0.628. The Kier molecular flexibility index (Phi) is 5.09. The summed E-state index contributed by atoms with van der Waals surface area (Å²) in [6, 6.07) is 7.53. The highest BCUT2D eigenvalue weighted by molar-refractivity contribution is 7.14. The maximum Gasteiger partial charge on any atom is 0.270 e. The average Bonchev–Trinajstić information content (AvgIpc) is 3.25. The van der Waals surface area contributed by atoms with Crippen molar-refractivity contribution in [3.8, 4) is 5.75 Å². The van der Waals surface area contributed by atoms with Gasteiger partial charge in [0, 0.05) is 24.2 Å².